The number of anilines is 1. The third kappa shape index (κ3) is 1.75. The summed E-state index contributed by atoms with van der Waals surface area (Å²) < 4.78 is 1.81. The van der Waals surface area contributed by atoms with Crippen molar-refractivity contribution >= 4 is 5.69 Å². The molecular formula is C15H16N4. The Balaban J connectivity index is 1.60. The molecule has 4 rings (SSSR count). The van der Waals surface area contributed by atoms with Gasteiger partial charge in [-0.2, -0.15) is 5.10 Å². The first-order valence-electron chi connectivity index (χ1n) is 6.80. The highest BCUT2D eigenvalue weighted by Gasteiger charge is 2.41. The number of nitrogens with one attached hydrogen (secondary N) is 1. The molecule has 0 aromatic carbocycles. The summed E-state index contributed by atoms with van der Waals surface area (Å²) in [6, 6.07) is 6.51. The Kier molecular flexibility index (Phi) is 2.40. The van der Waals surface area contributed by atoms with Gasteiger partial charge in [0.05, 0.1) is 5.69 Å². The Morgan fingerprint density at radius 1 is 1.26 bits per heavy atom. The second-order valence-corrected chi connectivity index (χ2v) is 5.31. The van der Waals surface area contributed by atoms with E-state index in [0.717, 1.165) is 17.4 Å². The van der Waals surface area contributed by atoms with Gasteiger partial charge in [0.1, 0.15) is 0 Å². The molecule has 0 amide bonds. The van der Waals surface area contributed by atoms with E-state index in [1.165, 1.54) is 12.8 Å². The molecule has 0 radical (unpaired) electrons. The Hall–Kier alpha value is -2.10. The summed E-state index contributed by atoms with van der Waals surface area (Å²) in [6.07, 6.45) is 12.7. The molecule has 1 saturated carbocycles. The zero-order valence-corrected chi connectivity index (χ0v) is 10.6. The van der Waals surface area contributed by atoms with E-state index >= 15 is 0 Å². The van der Waals surface area contributed by atoms with E-state index in [4.69, 9.17) is 0 Å². The maximum absolute atomic E-state index is 4.44. The monoisotopic (exact) mass is 252 g/mol. The van der Waals surface area contributed by atoms with Crippen molar-refractivity contribution in [1.82, 2.24) is 14.8 Å². The summed E-state index contributed by atoms with van der Waals surface area (Å²) in [7, 11) is 0. The van der Waals surface area contributed by atoms with Gasteiger partial charge < -0.3 is 5.32 Å². The number of pyridine rings is 1. The lowest BCUT2D eigenvalue weighted by molar-refractivity contribution is 0.218. The maximum Gasteiger partial charge on any atom is 0.176 e. The molecule has 0 saturated heterocycles. The summed E-state index contributed by atoms with van der Waals surface area (Å²) in [4.78, 5) is 4.44. The predicted molar refractivity (Wildman–Crippen MR) is 74.1 cm³/mol. The van der Waals surface area contributed by atoms with Crippen molar-refractivity contribution in [2.45, 2.75) is 18.9 Å². The van der Waals surface area contributed by atoms with Crippen molar-refractivity contribution in [1.29, 1.82) is 0 Å². The van der Waals surface area contributed by atoms with Crippen LogP contribution in [0.3, 0.4) is 0 Å². The molecule has 4 nitrogen and oxygen atoms in total. The number of fused-ring (bicyclic) bond motifs is 1. The minimum atomic E-state index is 0.544. The fourth-order valence-corrected chi connectivity index (χ4v) is 3.17. The summed E-state index contributed by atoms with van der Waals surface area (Å²) in [5, 5.41) is 7.90. The average molecular weight is 252 g/mol. The number of allylic oxidation sites excluding steroid dienone is 1. The zero-order chi connectivity index (χ0) is 12.7. The van der Waals surface area contributed by atoms with Gasteiger partial charge in [-0.1, -0.05) is 12.2 Å². The van der Waals surface area contributed by atoms with Gasteiger partial charge in [0.25, 0.3) is 0 Å². The van der Waals surface area contributed by atoms with E-state index in [-0.39, 0.29) is 0 Å². The van der Waals surface area contributed by atoms with Gasteiger partial charge >= 0.3 is 0 Å². The first-order valence-corrected chi connectivity index (χ1v) is 6.80. The first-order chi connectivity index (χ1) is 9.42. The molecule has 2 aromatic heterocycles. The van der Waals surface area contributed by atoms with E-state index < -0.39 is 0 Å². The molecular weight excluding hydrogens is 236 g/mol. The normalized spacial score (nSPS) is 27.9. The van der Waals surface area contributed by atoms with Crippen LogP contribution in [-0.2, 0) is 0 Å². The van der Waals surface area contributed by atoms with Crippen LogP contribution in [0.2, 0.25) is 0 Å². The molecule has 3 unspecified atom stereocenters. The van der Waals surface area contributed by atoms with Crippen molar-refractivity contribution in [3.63, 3.8) is 0 Å². The van der Waals surface area contributed by atoms with Crippen molar-refractivity contribution in [2.75, 3.05) is 5.32 Å². The van der Waals surface area contributed by atoms with Crippen molar-refractivity contribution in [2.24, 2.45) is 11.8 Å². The SMILES string of the molecule is C1=CC2C(C1)CC2Nc1cccnc1-n1cccn1. The lowest BCUT2D eigenvalue weighted by Gasteiger charge is -2.41. The summed E-state index contributed by atoms with van der Waals surface area (Å²) >= 11 is 0. The van der Waals surface area contributed by atoms with E-state index in [1.54, 1.807) is 12.4 Å². The van der Waals surface area contributed by atoms with Crippen LogP contribution in [0.25, 0.3) is 5.82 Å². The summed E-state index contributed by atoms with van der Waals surface area (Å²) in [5.41, 5.74) is 1.06. The molecule has 2 aliphatic carbocycles. The van der Waals surface area contributed by atoms with E-state index in [9.17, 15) is 0 Å². The van der Waals surface area contributed by atoms with Gasteiger partial charge in [-0.25, -0.2) is 9.67 Å². The Labute approximate surface area is 112 Å². The van der Waals surface area contributed by atoms with E-state index in [1.807, 2.05) is 23.0 Å². The third-order valence-electron chi connectivity index (χ3n) is 4.21. The quantitative estimate of drug-likeness (QED) is 0.854. The largest absolute Gasteiger partial charge is 0.379 e. The predicted octanol–water partition coefficient (Wildman–Crippen LogP) is 2.64. The molecule has 0 spiro atoms. The Morgan fingerprint density at radius 2 is 2.26 bits per heavy atom. The van der Waals surface area contributed by atoms with Gasteiger partial charge in [-0.05, 0) is 37.0 Å². The van der Waals surface area contributed by atoms with Crippen molar-refractivity contribution in [3.8, 4) is 5.82 Å². The topological polar surface area (TPSA) is 42.7 Å². The fourth-order valence-electron chi connectivity index (χ4n) is 3.17. The summed E-state index contributed by atoms with van der Waals surface area (Å²) in [6.45, 7) is 0. The van der Waals surface area contributed by atoms with Gasteiger partial charge in [0.2, 0.25) is 0 Å². The number of hydrogen-bond acceptors (Lipinski definition) is 3. The summed E-state index contributed by atoms with van der Waals surface area (Å²) in [5.74, 6) is 2.44. The Bertz CT molecular complexity index is 602. The van der Waals surface area contributed by atoms with Crippen LogP contribution in [0.1, 0.15) is 12.8 Å². The van der Waals surface area contributed by atoms with E-state index in [2.05, 4.69) is 33.6 Å². The van der Waals surface area contributed by atoms with Gasteiger partial charge in [0.15, 0.2) is 5.82 Å². The molecule has 4 heteroatoms. The molecule has 1 fully saturated rings. The van der Waals surface area contributed by atoms with Crippen LogP contribution in [0.15, 0.2) is 48.9 Å². The standard InChI is InChI=1S/C15H16N4/c1-4-11-10-14(12(11)5-1)18-13-6-2-7-16-15(13)19-9-3-8-17-19/h1-3,5-9,11-12,14,18H,4,10H2. The fraction of sp³-hybridized carbons (Fsp3) is 0.333. The highest BCUT2D eigenvalue weighted by Crippen LogP contribution is 2.44. The molecule has 3 atom stereocenters. The molecule has 0 bridgehead atoms. The zero-order valence-electron chi connectivity index (χ0n) is 10.6. The smallest absolute Gasteiger partial charge is 0.176 e. The molecule has 96 valence electrons. The first kappa shape index (κ1) is 10.8. The second kappa shape index (κ2) is 4.23. The van der Waals surface area contributed by atoms with Crippen molar-refractivity contribution in [3.05, 3.63) is 48.9 Å². The molecule has 1 N–H and O–H groups in total. The van der Waals surface area contributed by atoms with Crippen LogP contribution in [0.5, 0.6) is 0 Å². The molecule has 0 aliphatic heterocycles. The number of aromatic nitrogens is 3. The van der Waals surface area contributed by atoms with Crippen LogP contribution in [0, 0.1) is 11.8 Å². The number of nitrogens with zero attached hydrogens (tertiary/aromatic N) is 3. The maximum atomic E-state index is 4.44. The third-order valence-corrected chi connectivity index (χ3v) is 4.21. The highest BCUT2D eigenvalue weighted by molar-refractivity contribution is 5.57. The highest BCUT2D eigenvalue weighted by atomic mass is 15.3. The van der Waals surface area contributed by atoms with Crippen LogP contribution in [0.4, 0.5) is 5.69 Å². The minimum absolute atomic E-state index is 0.544. The second-order valence-electron chi connectivity index (χ2n) is 5.31. The van der Waals surface area contributed by atoms with Crippen LogP contribution < -0.4 is 5.32 Å². The molecule has 19 heavy (non-hydrogen) atoms. The lowest BCUT2D eigenvalue weighted by Crippen LogP contribution is -2.43. The molecule has 2 heterocycles. The molecule has 2 aliphatic rings. The van der Waals surface area contributed by atoms with Crippen molar-refractivity contribution < 1.29 is 0 Å². The lowest BCUT2D eigenvalue weighted by atomic mass is 9.71. The van der Waals surface area contributed by atoms with Crippen LogP contribution >= 0.6 is 0 Å². The number of hydrogen-bond donors (Lipinski definition) is 1. The minimum Gasteiger partial charge on any atom is -0.379 e. The Morgan fingerprint density at radius 3 is 3.11 bits per heavy atom. The van der Waals surface area contributed by atoms with E-state index in [0.29, 0.717) is 12.0 Å². The average Bonchev–Trinajstić information content (AvgIpc) is 3.06. The van der Waals surface area contributed by atoms with Gasteiger partial charge in [-0.3, -0.25) is 0 Å². The van der Waals surface area contributed by atoms with Gasteiger partial charge in [-0.15, -0.1) is 0 Å². The van der Waals surface area contributed by atoms with Crippen LogP contribution in [-0.4, -0.2) is 20.8 Å². The molecule has 2 aromatic rings. The van der Waals surface area contributed by atoms with Gasteiger partial charge in [0, 0.05) is 30.6 Å². The number of rotatable bonds is 3.